The number of nitrogens with zero attached hydrogens (tertiary/aromatic N) is 1. The Morgan fingerprint density at radius 2 is 1.90 bits per heavy atom. The molecular weight excluding hydrogens is 313 g/mol. The maximum atomic E-state index is 12.1. The highest BCUT2D eigenvalue weighted by Gasteiger charge is 2.47. The number of esters is 2. The van der Waals surface area contributed by atoms with Crippen molar-refractivity contribution >= 4 is 31.0 Å². The quantitative estimate of drug-likeness (QED) is 0.332. The van der Waals surface area contributed by atoms with Crippen LogP contribution in [0, 0.1) is 0 Å². The molecule has 1 heterocycles. The minimum Gasteiger partial charge on any atom is -0.385 e. The molecule has 1 fully saturated rings. The van der Waals surface area contributed by atoms with Crippen LogP contribution >= 0.6 is 12.6 Å². The fraction of sp³-hybridized carbons (Fsp3) is 0.727. The van der Waals surface area contributed by atoms with Crippen molar-refractivity contribution in [2.75, 3.05) is 20.1 Å². The SMILES string of the molecule is CN1CCC(S)([C@@H](NC=O)C(=O)OC(=O)C(F)(F)F)CC1. The number of carbonyl (C=O) groups excluding carboxylic acids is 3. The Kier molecular flexibility index (Phi) is 5.62. The lowest BCUT2D eigenvalue weighted by Crippen LogP contribution is -2.57. The molecule has 0 bridgehead atoms. The average molecular weight is 328 g/mol. The molecule has 6 nitrogen and oxygen atoms in total. The maximum Gasteiger partial charge on any atom is 0.491 e. The summed E-state index contributed by atoms with van der Waals surface area (Å²) in [5, 5.41) is 2.09. The predicted octanol–water partition coefficient (Wildman–Crippen LogP) is 0.127. The van der Waals surface area contributed by atoms with E-state index < -0.39 is 28.9 Å². The van der Waals surface area contributed by atoms with Crippen molar-refractivity contribution < 1.29 is 32.3 Å². The molecule has 0 aliphatic carbocycles. The van der Waals surface area contributed by atoms with Crippen LogP contribution in [0.25, 0.3) is 0 Å². The van der Waals surface area contributed by atoms with Gasteiger partial charge in [0, 0.05) is 4.75 Å². The molecule has 0 aromatic rings. The van der Waals surface area contributed by atoms with Gasteiger partial charge < -0.3 is 15.0 Å². The van der Waals surface area contributed by atoms with Crippen LogP contribution in [0.1, 0.15) is 12.8 Å². The molecule has 0 spiro atoms. The van der Waals surface area contributed by atoms with Crippen LogP contribution in [-0.2, 0) is 19.1 Å². The standard InChI is InChI=1S/C11H15F3N2O4S/c1-16-4-2-10(21,3-5-16)7(15-6-17)8(18)20-9(19)11(12,13)14/h6-7,21H,2-5H2,1H3,(H,15,17)/t7-/m0/s1. The Bertz CT molecular complexity index is 422. The van der Waals surface area contributed by atoms with Gasteiger partial charge in [-0.25, -0.2) is 9.59 Å². The Morgan fingerprint density at radius 3 is 2.33 bits per heavy atom. The van der Waals surface area contributed by atoms with E-state index in [1.54, 1.807) is 0 Å². The molecule has 0 saturated carbocycles. The van der Waals surface area contributed by atoms with E-state index in [0.29, 0.717) is 25.9 Å². The van der Waals surface area contributed by atoms with Crippen LogP contribution in [0.3, 0.4) is 0 Å². The molecule has 1 amide bonds. The van der Waals surface area contributed by atoms with Crippen molar-refractivity contribution in [3.05, 3.63) is 0 Å². The molecule has 21 heavy (non-hydrogen) atoms. The zero-order valence-corrected chi connectivity index (χ0v) is 12.0. The van der Waals surface area contributed by atoms with E-state index in [4.69, 9.17) is 0 Å². The van der Waals surface area contributed by atoms with Gasteiger partial charge in [0.15, 0.2) is 0 Å². The molecule has 0 radical (unpaired) electrons. The fourth-order valence-electron chi connectivity index (χ4n) is 2.01. The van der Waals surface area contributed by atoms with E-state index >= 15 is 0 Å². The summed E-state index contributed by atoms with van der Waals surface area (Å²) in [5.41, 5.74) is 0. The second kappa shape index (κ2) is 6.65. The molecule has 0 aromatic heterocycles. The zero-order valence-electron chi connectivity index (χ0n) is 11.1. The number of hydrogen-bond donors (Lipinski definition) is 2. The summed E-state index contributed by atoms with van der Waals surface area (Å²) in [5.74, 6) is -4.08. The first-order valence-electron chi connectivity index (χ1n) is 6.03. The van der Waals surface area contributed by atoms with Gasteiger partial charge in [-0.15, -0.1) is 0 Å². The van der Waals surface area contributed by atoms with Crippen LogP contribution < -0.4 is 5.32 Å². The molecule has 120 valence electrons. The molecule has 1 N–H and O–H groups in total. The van der Waals surface area contributed by atoms with Gasteiger partial charge in [-0.1, -0.05) is 0 Å². The molecule has 10 heteroatoms. The summed E-state index contributed by atoms with van der Waals surface area (Å²) >= 11 is 4.31. The number of halogens is 3. The third-order valence-electron chi connectivity index (χ3n) is 3.29. The molecule has 0 unspecified atom stereocenters. The van der Waals surface area contributed by atoms with E-state index in [9.17, 15) is 27.6 Å². The molecule has 1 aliphatic rings. The van der Waals surface area contributed by atoms with Crippen molar-refractivity contribution in [2.45, 2.75) is 29.8 Å². The molecule has 1 aliphatic heterocycles. The number of carbonyl (C=O) groups is 3. The summed E-state index contributed by atoms with van der Waals surface area (Å²) in [4.78, 5) is 35.0. The van der Waals surface area contributed by atoms with Gasteiger partial charge in [0.2, 0.25) is 6.41 Å². The van der Waals surface area contributed by atoms with E-state index in [1.165, 1.54) is 0 Å². The number of likely N-dealkylation sites (tertiary alicyclic amines) is 1. The van der Waals surface area contributed by atoms with Crippen molar-refractivity contribution in [1.82, 2.24) is 10.2 Å². The first-order valence-corrected chi connectivity index (χ1v) is 6.48. The smallest absolute Gasteiger partial charge is 0.385 e. The van der Waals surface area contributed by atoms with Gasteiger partial charge in [0.05, 0.1) is 0 Å². The molecular formula is C11H15F3N2O4S. The number of nitrogens with one attached hydrogen (secondary N) is 1. The van der Waals surface area contributed by atoms with Gasteiger partial charge in [-0.3, -0.25) is 4.79 Å². The normalized spacial score (nSPS) is 20.4. The minimum absolute atomic E-state index is 0.167. The van der Waals surface area contributed by atoms with Crippen LogP contribution in [0.2, 0.25) is 0 Å². The summed E-state index contributed by atoms with van der Waals surface area (Å²) in [7, 11) is 1.83. The predicted molar refractivity (Wildman–Crippen MR) is 68.6 cm³/mol. The Hall–Kier alpha value is -1.29. The lowest BCUT2D eigenvalue weighted by molar-refractivity contribution is -0.202. The number of hydrogen-bond acceptors (Lipinski definition) is 6. The number of ether oxygens (including phenoxy) is 1. The van der Waals surface area contributed by atoms with Gasteiger partial charge in [-0.05, 0) is 33.0 Å². The highest BCUT2D eigenvalue weighted by atomic mass is 32.1. The van der Waals surface area contributed by atoms with Crippen molar-refractivity contribution in [3.8, 4) is 0 Å². The second-order valence-electron chi connectivity index (χ2n) is 4.83. The van der Waals surface area contributed by atoms with E-state index in [-0.39, 0.29) is 6.41 Å². The number of piperidine rings is 1. The van der Waals surface area contributed by atoms with Crippen LogP contribution in [-0.4, -0.2) is 60.4 Å². The maximum absolute atomic E-state index is 12.1. The first kappa shape index (κ1) is 17.8. The third kappa shape index (κ3) is 4.60. The van der Waals surface area contributed by atoms with Crippen LogP contribution in [0.5, 0.6) is 0 Å². The number of amides is 1. The summed E-state index contributed by atoms with van der Waals surface area (Å²) < 4.78 is 39.0. The number of alkyl halides is 3. The largest absolute Gasteiger partial charge is 0.491 e. The number of rotatable bonds is 4. The fourth-order valence-corrected chi connectivity index (χ4v) is 2.39. The van der Waals surface area contributed by atoms with Crippen LogP contribution in [0.15, 0.2) is 0 Å². The highest BCUT2D eigenvalue weighted by molar-refractivity contribution is 7.82. The van der Waals surface area contributed by atoms with Gasteiger partial charge in [-0.2, -0.15) is 25.8 Å². The highest BCUT2D eigenvalue weighted by Crippen LogP contribution is 2.32. The monoisotopic (exact) mass is 328 g/mol. The third-order valence-corrected chi connectivity index (χ3v) is 3.99. The van der Waals surface area contributed by atoms with Crippen molar-refractivity contribution in [3.63, 3.8) is 0 Å². The van der Waals surface area contributed by atoms with Crippen LogP contribution in [0.4, 0.5) is 13.2 Å². The first-order chi connectivity index (χ1) is 9.60. The average Bonchev–Trinajstić information content (AvgIpc) is 2.38. The van der Waals surface area contributed by atoms with E-state index in [2.05, 4.69) is 22.7 Å². The Balaban J connectivity index is 2.83. The Morgan fingerprint density at radius 1 is 1.38 bits per heavy atom. The summed E-state index contributed by atoms with van der Waals surface area (Å²) in [6.07, 6.45) is -4.43. The second-order valence-corrected chi connectivity index (χ2v) is 5.72. The lowest BCUT2D eigenvalue weighted by Gasteiger charge is -2.40. The number of thiol groups is 1. The zero-order chi connectivity index (χ0) is 16.3. The minimum atomic E-state index is -5.28. The summed E-state index contributed by atoms with van der Waals surface area (Å²) in [6, 6.07) is -1.43. The Labute approximate surface area is 124 Å². The topological polar surface area (TPSA) is 75.7 Å². The molecule has 1 saturated heterocycles. The van der Waals surface area contributed by atoms with Gasteiger partial charge >= 0.3 is 18.1 Å². The lowest BCUT2D eigenvalue weighted by atomic mass is 9.88. The molecule has 1 atom stereocenters. The summed E-state index contributed by atoms with van der Waals surface area (Å²) in [6.45, 7) is 1.09. The van der Waals surface area contributed by atoms with Gasteiger partial charge in [0.1, 0.15) is 6.04 Å². The van der Waals surface area contributed by atoms with Crippen molar-refractivity contribution in [2.24, 2.45) is 0 Å². The molecule has 0 aromatic carbocycles. The van der Waals surface area contributed by atoms with E-state index in [0.717, 1.165) is 0 Å². The molecule has 1 rings (SSSR count). The van der Waals surface area contributed by atoms with E-state index in [1.807, 2.05) is 11.9 Å². The van der Waals surface area contributed by atoms with Crippen molar-refractivity contribution in [1.29, 1.82) is 0 Å². The van der Waals surface area contributed by atoms with Gasteiger partial charge in [0.25, 0.3) is 0 Å².